The molecule has 0 aliphatic carbocycles. The summed E-state index contributed by atoms with van der Waals surface area (Å²) in [5.41, 5.74) is 10.1. The zero-order valence-corrected chi connectivity index (χ0v) is 6.66. The maximum Gasteiger partial charge on any atom is 0.188 e. The van der Waals surface area contributed by atoms with Crippen molar-refractivity contribution in [3.8, 4) is 0 Å². The Hall–Kier alpha value is -0.810. The summed E-state index contributed by atoms with van der Waals surface area (Å²) >= 11 is 0. The minimum absolute atomic E-state index is 0.0110. The summed E-state index contributed by atoms with van der Waals surface area (Å²) in [6.45, 7) is 2.12. The van der Waals surface area contributed by atoms with E-state index in [9.17, 15) is 0 Å². The fourth-order valence-corrected chi connectivity index (χ4v) is 0.504. The first kappa shape index (κ1) is 10.2. The summed E-state index contributed by atoms with van der Waals surface area (Å²) in [7, 11) is 0. The maximum atomic E-state index is 8.48. The number of rotatable bonds is 5. The highest BCUT2D eigenvalue weighted by molar-refractivity contribution is 5.75. The van der Waals surface area contributed by atoms with Crippen LogP contribution in [0.15, 0.2) is 4.99 Å². The van der Waals surface area contributed by atoms with Gasteiger partial charge in [0.15, 0.2) is 5.96 Å². The molecule has 0 fully saturated rings. The van der Waals surface area contributed by atoms with Gasteiger partial charge in [0.1, 0.15) is 6.73 Å². The van der Waals surface area contributed by atoms with Gasteiger partial charge in [0.2, 0.25) is 0 Å². The van der Waals surface area contributed by atoms with Gasteiger partial charge in [-0.25, -0.2) is 4.99 Å². The Morgan fingerprint density at radius 1 is 1.64 bits per heavy atom. The molecule has 0 aromatic heterocycles. The Balaban J connectivity index is 3.31. The van der Waals surface area contributed by atoms with Crippen molar-refractivity contribution in [2.75, 3.05) is 13.3 Å². The van der Waals surface area contributed by atoms with Crippen LogP contribution in [0.2, 0.25) is 0 Å². The van der Waals surface area contributed by atoms with Crippen LogP contribution in [0.3, 0.4) is 0 Å². The van der Waals surface area contributed by atoms with E-state index in [1.807, 2.05) is 6.92 Å². The Labute approximate surface area is 66.0 Å². The second-order valence-electron chi connectivity index (χ2n) is 2.20. The summed E-state index contributed by atoms with van der Waals surface area (Å²) < 4.78 is 5.09. The van der Waals surface area contributed by atoms with Gasteiger partial charge in [0.05, 0.1) is 6.10 Å². The van der Waals surface area contributed by atoms with E-state index < -0.39 is 0 Å². The van der Waals surface area contributed by atoms with Crippen LogP contribution in [0.1, 0.15) is 13.3 Å². The van der Waals surface area contributed by atoms with Crippen molar-refractivity contribution in [1.29, 1.82) is 0 Å². The van der Waals surface area contributed by atoms with Gasteiger partial charge >= 0.3 is 0 Å². The first-order valence-electron chi connectivity index (χ1n) is 3.44. The molecule has 0 aliphatic rings. The minimum Gasteiger partial charge on any atom is -0.396 e. The average molecular weight is 161 g/mol. The van der Waals surface area contributed by atoms with Crippen LogP contribution < -0.4 is 11.5 Å². The molecule has 0 heterocycles. The Morgan fingerprint density at radius 2 is 2.27 bits per heavy atom. The lowest BCUT2D eigenvalue weighted by molar-refractivity contribution is 0.0532. The van der Waals surface area contributed by atoms with E-state index in [1.165, 1.54) is 0 Å². The molecule has 5 nitrogen and oxygen atoms in total. The maximum absolute atomic E-state index is 8.48. The van der Waals surface area contributed by atoms with E-state index >= 15 is 0 Å². The lowest BCUT2D eigenvalue weighted by Gasteiger charge is -2.08. The lowest BCUT2D eigenvalue weighted by atomic mass is 10.3. The molecule has 0 aliphatic heterocycles. The largest absolute Gasteiger partial charge is 0.396 e. The fourth-order valence-electron chi connectivity index (χ4n) is 0.504. The number of hydrogen-bond acceptors (Lipinski definition) is 3. The molecular weight excluding hydrogens is 146 g/mol. The van der Waals surface area contributed by atoms with Crippen LogP contribution in [0.25, 0.3) is 0 Å². The van der Waals surface area contributed by atoms with Gasteiger partial charge in [-0.1, -0.05) is 0 Å². The zero-order valence-electron chi connectivity index (χ0n) is 6.66. The minimum atomic E-state index is -0.0110. The van der Waals surface area contributed by atoms with Crippen molar-refractivity contribution < 1.29 is 9.84 Å². The van der Waals surface area contributed by atoms with Crippen molar-refractivity contribution in [2.45, 2.75) is 19.4 Å². The number of aliphatic imine (C=N–C) groups is 1. The third-order valence-electron chi connectivity index (χ3n) is 1.14. The standard InChI is InChI=1S/C6H15N3O2/c1-5(2-3-10)11-4-9-6(7)8/h5,10H,2-4H2,1H3,(H4,7,8,9). The van der Waals surface area contributed by atoms with Gasteiger partial charge in [-0.3, -0.25) is 0 Å². The number of nitrogens with two attached hydrogens (primary N) is 2. The van der Waals surface area contributed by atoms with E-state index in [4.69, 9.17) is 21.3 Å². The average Bonchev–Trinajstić information content (AvgIpc) is 1.87. The Morgan fingerprint density at radius 3 is 2.73 bits per heavy atom. The molecule has 0 rings (SSSR count). The third-order valence-corrected chi connectivity index (χ3v) is 1.14. The number of aliphatic hydroxyl groups excluding tert-OH is 1. The molecule has 0 aromatic rings. The highest BCUT2D eigenvalue weighted by Gasteiger charge is 1.98. The predicted octanol–water partition coefficient (Wildman–Crippen LogP) is -0.995. The zero-order chi connectivity index (χ0) is 8.69. The summed E-state index contributed by atoms with van der Waals surface area (Å²) in [6.07, 6.45) is 0.586. The van der Waals surface area contributed by atoms with Crippen LogP contribution in [0, 0.1) is 0 Å². The van der Waals surface area contributed by atoms with E-state index in [2.05, 4.69) is 4.99 Å². The SMILES string of the molecule is CC(CCO)OCN=C(N)N. The predicted molar refractivity (Wildman–Crippen MR) is 42.9 cm³/mol. The molecule has 0 spiro atoms. The molecule has 5 N–H and O–H groups in total. The molecule has 0 saturated carbocycles. The van der Waals surface area contributed by atoms with E-state index in [0.29, 0.717) is 6.42 Å². The van der Waals surface area contributed by atoms with Crippen LogP contribution in [0.4, 0.5) is 0 Å². The molecular formula is C6H15N3O2. The van der Waals surface area contributed by atoms with E-state index in [1.54, 1.807) is 0 Å². The third kappa shape index (κ3) is 7.08. The first-order chi connectivity index (χ1) is 5.16. The second-order valence-corrected chi connectivity index (χ2v) is 2.20. The number of hydrogen-bond donors (Lipinski definition) is 3. The van der Waals surface area contributed by atoms with E-state index in [0.717, 1.165) is 0 Å². The first-order valence-corrected chi connectivity index (χ1v) is 3.44. The van der Waals surface area contributed by atoms with Gasteiger partial charge in [0, 0.05) is 6.61 Å². The van der Waals surface area contributed by atoms with Crippen molar-refractivity contribution in [2.24, 2.45) is 16.5 Å². The number of nitrogens with zero attached hydrogens (tertiary/aromatic N) is 1. The molecule has 0 bridgehead atoms. The number of aliphatic hydroxyl groups is 1. The quantitative estimate of drug-likeness (QED) is 0.356. The monoisotopic (exact) mass is 161 g/mol. The highest BCUT2D eigenvalue weighted by atomic mass is 16.5. The summed E-state index contributed by atoms with van der Waals surface area (Å²) in [5, 5.41) is 8.48. The highest BCUT2D eigenvalue weighted by Crippen LogP contribution is 1.94. The number of guanidine groups is 1. The fraction of sp³-hybridized carbons (Fsp3) is 0.833. The van der Waals surface area contributed by atoms with E-state index in [-0.39, 0.29) is 25.4 Å². The van der Waals surface area contributed by atoms with Crippen molar-refractivity contribution in [1.82, 2.24) is 0 Å². The van der Waals surface area contributed by atoms with Crippen LogP contribution in [-0.4, -0.2) is 30.5 Å². The Bertz CT molecular complexity index is 123. The molecule has 1 unspecified atom stereocenters. The molecule has 0 saturated heterocycles. The summed E-state index contributed by atoms with van der Waals surface area (Å²) in [6, 6.07) is 0. The molecule has 11 heavy (non-hydrogen) atoms. The molecule has 66 valence electrons. The van der Waals surface area contributed by atoms with Crippen molar-refractivity contribution in [3.05, 3.63) is 0 Å². The normalized spacial score (nSPS) is 12.5. The van der Waals surface area contributed by atoms with Crippen molar-refractivity contribution in [3.63, 3.8) is 0 Å². The van der Waals surface area contributed by atoms with Gasteiger partial charge in [-0.05, 0) is 13.3 Å². The topological polar surface area (TPSA) is 93.9 Å². The molecule has 0 radical (unpaired) electrons. The smallest absolute Gasteiger partial charge is 0.188 e. The number of ether oxygens (including phenoxy) is 1. The summed E-state index contributed by atoms with van der Waals surface area (Å²) in [4.78, 5) is 3.62. The van der Waals surface area contributed by atoms with Crippen LogP contribution in [0.5, 0.6) is 0 Å². The van der Waals surface area contributed by atoms with Crippen molar-refractivity contribution >= 4 is 5.96 Å². The van der Waals surface area contributed by atoms with Gasteiger partial charge < -0.3 is 21.3 Å². The molecule has 5 heteroatoms. The van der Waals surface area contributed by atoms with Crippen LogP contribution in [-0.2, 0) is 4.74 Å². The van der Waals surface area contributed by atoms with Gasteiger partial charge in [-0.2, -0.15) is 0 Å². The van der Waals surface area contributed by atoms with Gasteiger partial charge in [-0.15, -0.1) is 0 Å². The molecule has 0 aromatic carbocycles. The lowest BCUT2D eigenvalue weighted by Crippen LogP contribution is -2.24. The van der Waals surface area contributed by atoms with Gasteiger partial charge in [0.25, 0.3) is 0 Å². The molecule has 1 atom stereocenters. The van der Waals surface area contributed by atoms with Crippen LogP contribution >= 0.6 is 0 Å². The second kappa shape index (κ2) is 5.94. The summed E-state index contributed by atoms with van der Waals surface area (Å²) in [5.74, 6) is 0.0150. The Kier molecular flexibility index (Phi) is 5.50. The molecule has 0 amide bonds.